The van der Waals surface area contributed by atoms with Gasteiger partial charge in [-0.2, -0.15) is 0 Å². The van der Waals surface area contributed by atoms with Crippen molar-refractivity contribution in [2.75, 3.05) is 0 Å². The number of hydrogen-bond acceptors (Lipinski definition) is 4. The van der Waals surface area contributed by atoms with Crippen LogP contribution in [0, 0.1) is 11.6 Å². The maximum Gasteiger partial charge on any atom is 0.321 e. The Balaban J connectivity index is 2.04. The number of nitrogens with zero attached hydrogens (tertiary/aromatic N) is 2. The third-order valence-electron chi connectivity index (χ3n) is 2.60. The van der Waals surface area contributed by atoms with Crippen molar-refractivity contribution >= 4 is 0 Å². The van der Waals surface area contributed by atoms with E-state index in [1.165, 1.54) is 0 Å². The number of benzene rings is 1. The van der Waals surface area contributed by atoms with Crippen LogP contribution in [0.1, 0.15) is 26.3 Å². The van der Waals surface area contributed by atoms with Gasteiger partial charge in [0.15, 0.2) is 11.6 Å². The molecule has 112 valence electrons. The molecule has 0 saturated carbocycles. The highest BCUT2D eigenvalue weighted by molar-refractivity contribution is 5.27. The van der Waals surface area contributed by atoms with Crippen LogP contribution in [0.15, 0.2) is 30.6 Å². The molecule has 0 aliphatic rings. The van der Waals surface area contributed by atoms with Gasteiger partial charge >= 0.3 is 6.01 Å². The fraction of sp³-hybridized carbons (Fsp3) is 0.333. The van der Waals surface area contributed by atoms with Crippen LogP contribution in [0.25, 0.3) is 0 Å². The maximum atomic E-state index is 13.4. The first-order valence-electron chi connectivity index (χ1n) is 6.52. The zero-order valence-electron chi connectivity index (χ0n) is 12.2. The van der Waals surface area contributed by atoms with Crippen LogP contribution in [-0.2, 0) is 6.54 Å². The number of rotatable bonds is 4. The number of hydrogen-bond donors (Lipinski definition) is 1. The molecule has 0 amide bonds. The van der Waals surface area contributed by atoms with Crippen LogP contribution in [0.3, 0.4) is 0 Å². The summed E-state index contributed by atoms with van der Waals surface area (Å²) >= 11 is 0. The Kier molecular flexibility index (Phi) is 4.47. The molecule has 1 aromatic heterocycles. The van der Waals surface area contributed by atoms with E-state index in [9.17, 15) is 8.78 Å². The van der Waals surface area contributed by atoms with E-state index in [0.29, 0.717) is 6.54 Å². The van der Waals surface area contributed by atoms with Crippen LogP contribution < -0.4 is 10.1 Å². The van der Waals surface area contributed by atoms with Crippen LogP contribution in [0.4, 0.5) is 8.78 Å². The summed E-state index contributed by atoms with van der Waals surface area (Å²) in [6, 6.07) is 2.93. The normalized spacial score (nSPS) is 11.5. The van der Waals surface area contributed by atoms with Gasteiger partial charge in [-0.15, -0.1) is 0 Å². The number of halogens is 2. The Morgan fingerprint density at radius 1 is 1.14 bits per heavy atom. The molecule has 0 bridgehead atoms. The fourth-order valence-corrected chi connectivity index (χ4v) is 1.51. The second-order valence-electron chi connectivity index (χ2n) is 5.65. The lowest BCUT2D eigenvalue weighted by molar-refractivity contribution is 0.403. The van der Waals surface area contributed by atoms with E-state index in [-0.39, 0.29) is 17.3 Å². The second kappa shape index (κ2) is 6.13. The first-order chi connectivity index (χ1) is 9.83. The van der Waals surface area contributed by atoms with Gasteiger partial charge in [0.1, 0.15) is 5.82 Å². The highest BCUT2D eigenvalue weighted by Crippen LogP contribution is 2.22. The van der Waals surface area contributed by atoms with Crippen molar-refractivity contribution in [2.24, 2.45) is 0 Å². The van der Waals surface area contributed by atoms with E-state index in [0.717, 1.165) is 23.8 Å². The minimum atomic E-state index is -0.668. The van der Waals surface area contributed by atoms with Crippen molar-refractivity contribution in [1.29, 1.82) is 0 Å². The van der Waals surface area contributed by atoms with Crippen molar-refractivity contribution in [2.45, 2.75) is 32.9 Å². The third kappa shape index (κ3) is 4.75. The Morgan fingerprint density at radius 3 is 2.43 bits per heavy atom. The second-order valence-corrected chi connectivity index (χ2v) is 5.65. The van der Waals surface area contributed by atoms with Crippen molar-refractivity contribution in [3.05, 3.63) is 47.8 Å². The molecule has 0 saturated heterocycles. The lowest BCUT2D eigenvalue weighted by atomic mass is 10.1. The van der Waals surface area contributed by atoms with Crippen LogP contribution in [0.5, 0.6) is 11.8 Å². The van der Waals surface area contributed by atoms with Gasteiger partial charge in [-0.25, -0.2) is 18.7 Å². The van der Waals surface area contributed by atoms with Gasteiger partial charge in [0, 0.05) is 36.1 Å². The molecular weight excluding hydrogens is 276 g/mol. The minimum Gasteiger partial charge on any atom is -0.421 e. The molecule has 4 nitrogen and oxygen atoms in total. The highest BCUT2D eigenvalue weighted by Gasteiger charge is 2.10. The van der Waals surface area contributed by atoms with E-state index in [4.69, 9.17) is 4.74 Å². The van der Waals surface area contributed by atoms with Gasteiger partial charge in [0.05, 0.1) is 0 Å². The van der Waals surface area contributed by atoms with Gasteiger partial charge in [-0.3, -0.25) is 0 Å². The third-order valence-corrected chi connectivity index (χ3v) is 2.60. The molecule has 2 rings (SSSR count). The molecule has 0 fully saturated rings. The molecule has 1 aromatic carbocycles. The molecule has 0 radical (unpaired) electrons. The molecule has 0 spiro atoms. The van der Waals surface area contributed by atoms with E-state index in [2.05, 4.69) is 36.1 Å². The van der Waals surface area contributed by atoms with Gasteiger partial charge in [-0.05, 0) is 32.9 Å². The highest BCUT2D eigenvalue weighted by atomic mass is 19.1. The molecule has 1 N–H and O–H groups in total. The lowest BCUT2D eigenvalue weighted by Gasteiger charge is -2.20. The average Bonchev–Trinajstić information content (AvgIpc) is 2.41. The Morgan fingerprint density at radius 2 is 1.81 bits per heavy atom. The van der Waals surface area contributed by atoms with Gasteiger partial charge < -0.3 is 10.1 Å². The first-order valence-corrected chi connectivity index (χ1v) is 6.52. The summed E-state index contributed by atoms with van der Waals surface area (Å²) in [5.41, 5.74) is 0.858. The fourth-order valence-electron chi connectivity index (χ4n) is 1.51. The molecule has 2 aromatic rings. The average molecular weight is 293 g/mol. The summed E-state index contributed by atoms with van der Waals surface area (Å²) in [6.07, 6.45) is 3.16. The summed E-state index contributed by atoms with van der Waals surface area (Å²) in [4.78, 5) is 7.97. The summed E-state index contributed by atoms with van der Waals surface area (Å²) in [5, 5.41) is 3.29. The van der Waals surface area contributed by atoms with E-state index in [1.807, 2.05) is 0 Å². The summed E-state index contributed by atoms with van der Waals surface area (Å²) in [6.45, 7) is 6.77. The van der Waals surface area contributed by atoms with Gasteiger partial charge in [-0.1, -0.05) is 0 Å². The Hall–Kier alpha value is -2.08. The first kappa shape index (κ1) is 15.3. The molecule has 0 aliphatic carbocycles. The lowest BCUT2D eigenvalue weighted by Crippen LogP contribution is -2.35. The van der Waals surface area contributed by atoms with Crippen molar-refractivity contribution in [3.8, 4) is 11.8 Å². The zero-order valence-corrected chi connectivity index (χ0v) is 12.2. The number of aromatic nitrogens is 2. The van der Waals surface area contributed by atoms with E-state index >= 15 is 0 Å². The zero-order chi connectivity index (χ0) is 15.5. The number of nitrogens with one attached hydrogen (secondary N) is 1. The van der Waals surface area contributed by atoms with E-state index < -0.39 is 11.6 Å². The predicted molar refractivity (Wildman–Crippen MR) is 75.1 cm³/mol. The monoisotopic (exact) mass is 293 g/mol. The minimum absolute atomic E-state index is 0.0140. The van der Waals surface area contributed by atoms with Crippen LogP contribution in [-0.4, -0.2) is 15.5 Å². The maximum absolute atomic E-state index is 13.4. The molecule has 0 unspecified atom stereocenters. The molecular formula is C15H17F2N3O. The van der Waals surface area contributed by atoms with E-state index in [1.54, 1.807) is 12.4 Å². The molecule has 1 heterocycles. The number of ether oxygens (including phenoxy) is 1. The molecule has 21 heavy (non-hydrogen) atoms. The molecule has 6 heteroatoms. The summed E-state index contributed by atoms with van der Waals surface area (Å²) < 4.78 is 31.6. The molecule has 0 aliphatic heterocycles. The molecule has 0 atom stereocenters. The quantitative estimate of drug-likeness (QED) is 0.938. The summed E-state index contributed by atoms with van der Waals surface area (Å²) in [7, 11) is 0. The van der Waals surface area contributed by atoms with Crippen molar-refractivity contribution in [3.63, 3.8) is 0 Å². The smallest absolute Gasteiger partial charge is 0.321 e. The van der Waals surface area contributed by atoms with Gasteiger partial charge in [0.2, 0.25) is 0 Å². The topological polar surface area (TPSA) is 47.0 Å². The SMILES string of the molecule is CC(C)(C)NCc1cnc(Oc2cc(F)ccc2F)nc1. The predicted octanol–water partition coefficient (Wildman–Crippen LogP) is 3.44. The largest absolute Gasteiger partial charge is 0.421 e. The summed E-state index contributed by atoms with van der Waals surface area (Å²) in [5.74, 6) is -1.49. The Labute approximate surface area is 122 Å². The van der Waals surface area contributed by atoms with Gasteiger partial charge in [0.25, 0.3) is 0 Å². The Bertz CT molecular complexity index is 609. The van der Waals surface area contributed by atoms with Crippen LogP contribution in [0.2, 0.25) is 0 Å². The van der Waals surface area contributed by atoms with Crippen molar-refractivity contribution < 1.29 is 13.5 Å². The standard InChI is InChI=1S/C15H17F2N3O/c1-15(2,3)20-9-10-7-18-14(19-8-10)21-13-6-11(16)4-5-12(13)17/h4-8,20H,9H2,1-3H3. The van der Waals surface area contributed by atoms with Crippen LogP contribution >= 0.6 is 0 Å². The van der Waals surface area contributed by atoms with Crippen molar-refractivity contribution in [1.82, 2.24) is 15.3 Å².